The summed E-state index contributed by atoms with van der Waals surface area (Å²) in [7, 11) is -1.57. The summed E-state index contributed by atoms with van der Waals surface area (Å²) in [4.78, 5) is 0.405. The lowest BCUT2D eigenvalue weighted by molar-refractivity contribution is 0.653. The highest BCUT2D eigenvalue weighted by Crippen LogP contribution is 2.53. The number of allylic oxidation sites excluding steroid dienone is 2. The number of nitriles is 1. The van der Waals surface area contributed by atoms with Crippen molar-refractivity contribution in [1.29, 1.82) is 5.26 Å². The van der Waals surface area contributed by atoms with Gasteiger partial charge in [0.1, 0.15) is 17.1 Å². The second kappa shape index (κ2) is 4.40. The van der Waals surface area contributed by atoms with Gasteiger partial charge >= 0.3 is 0 Å². The van der Waals surface area contributed by atoms with Crippen molar-refractivity contribution in [1.82, 2.24) is 0 Å². The first-order valence-corrected chi connectivity index (χ1v) is 6.34. The number of nitrogens with two attached hydrogens (primary N) is 1. The number of hydrogen-bond acceptors (Lipinski definition) is 2. The van der Waals surface area contributed by atoms with Crippen LogP contribution in [0.4, 0.5) is 14.5 Å². The van der Waals surface area contributed by atoms with Gasteiger partial charge in [0.2, 0.25) is 0 Å². The Morgan fingerprint density at radius 2 is 2.06 bits per heavy atom. The van der Waals surface area contributed by atoms with E-state index in [1.807, 2.05) is 6.07 Å². The van der Waals surface area contributed by atoms with Gasteiger partial charge in [0.15, 0.2) is 0 Å². The second-order valence-corrected chi connectivity index (χ2v) is 5.67. The van der Waals surface area contributed by atoms with E-state index in [2.05, 4.69) is 0 Å². The van der Waals surface area contributed by atoms with Gasteiger partial charge < -0.3 is 5.73 Å². The summed E-state index contributed by atoms with van der Waals surface area (Å²) in [5.74, 6) is -0.624. The van der Waals surface area contributed by atoms with Gasteiger partial charge in [0, 0.05) is 16.7 Å². The lowest BCUT2D eigenvalue weighted by atomic mass is 10.2. The smallest absolute Gasteiger partial charge is 0.147 e. The van der Waals surface area contributed by atoms with Crippen molar-refractivity contribution in [2.75, 3.05) is 5.73 Å². The van der Waals surface area contributed by atoms with Crippen LogP contribution in [0.5, 0.6) is 0 Å². The monoisotopic (exact) mass is 272 g/mol. The van der Waals surface area contributed by atoms with Gasteiger partial charge in [-0.3, -0.25) is 0 Å². The first kappa shape index (κ1) is 12.0. The molecule has 1 atom stereocenters. The first-order chi connectivity index (χ1) is 8.02. The van der Waals surface area contributed by atoms with E-state index in [0.717, 1.165) is 6.08 Å². The van der Waals surface area contributed by atoms with E-state index in [-0.39, 0.29) is 16.3 Å². The molecule has 2 rings (SSSR count). The van der Waals surface area contributed by atoms with Crippen molar-refractivity contribution in [2.45, 2.75) is 4.90 Å². The normalized spacial score (nSPS) is 20.7. The fourth-order valence-corrected chi connectivity index (χ4v) is 3.36. The Hall–Kier alpha value is -1.51. The maximum absolute atomic E-state index is 13.5. The molecular weight excluding hydrogens is 266 g/mol. The molecule has 6 heteroatoms. The molecule has 1 aromatic carbocycles. The molecule has 17 heavy (non-hydrogen) atoms. The Bertz CT molecular complexity index is 590. The molecule has 1 aromatic rings. The maximum atomic E-state index is 13.5. The van der Waals surface area contributed by atoms with E-state index in [1.165, 1.54) is 17.5 Å². The van der Waals surface area contributed by atoms with Crippen LogP contribution in [0.3, 0.4) is 0 Å². The van der Waals surface area contributed by atoms with Gasteiger partial charge in [-0.2, -0.15) is 5.26 Å². The number of rotatable bonds is 1. The number of nitrogen functional groups attached to an aromatic ring is 1. The minimum absolute atomic E-state index is 0.201. The molecule has 88 valence electrons. The van der Waals surface area contributed by atoms with Crippen LogP contribution in [-0.2, 0) is 0 Å². The zero-order chi connectivity index (χ0) is 12.6. The van der Waals surface area contributed by atoms with Crippen LogP contribution in [0.25, 0.3) is 0 Å². The van der Waals surface area contributed by atoms with Gasteiger partial charge in [0.05, 0.1) is 10.6 Å². The Labute approximate surface area is 104 Å². The number of hydrogen-bond donors (Lipinski definition) is 2. The third kappa shape index (κ3) is 2.14. The molecule has 1 aliphatic heterocycles. The molecule has 1 heterocycles. The minimum atomic E-state index is -1.57. The summed E-state index contributed by atoms with van der Waals surface area (Å²) in [6.07, 6.45) is 0.825. The van der Waals surface area contributed by atoms with Gasteiger partial charge in [-0.25, -0.2) is 8.78 Å². The summed E-state index contributed by atoms with van der Waals surface area (Å²) in [5, 5.41) is 9.63. The Balaban J connectivity index is 2.55. The predicted molar refractivity (Wildman–Crippen MR) is 66.2 cm³/mol. The topological polar surface area (TPSA) is 49.8 Å². The number of anilines is 1. The van der Waals surface area contributed by atoms with Crippen LogP contribution >= 0.6 is 22.5 Å². The average molecular weight is 273 g/mol. The van der Waals surface area contributed by atoms with Crippen LogP contribution < -0.4 is 5.73 Å². The predicted octanol–water partition coefficient (Wildman–Crippen LogP) is 3.79. The van der Waals surface area contributed by atoms with Crippen LogP contribution in [0.1, 0.15) is 5.56 Å². The van der Waals surface area contributed by atoms with E-state index in [0.29, 0.717) is 4.90 Å². The summed E-state index contributed by atoms with van der Waals surface area (Å²) in [5.41, 5.74) is 6.17. The summed E-state index contributed by atoms with van der Waals surface area (Å²) >= 11 is 5.78. The molecule has 0 saturated carbocycles. The molecule has 0 spiro atoms. The quantitative estimate of drug-likeness (QED) is 0.604. The van der Waals surface area contributed by atoms with Crippen molar-refractivity contribution < 1.29 is 8.78 Å². The molecule has 1 aliphatic rings. The largest absolute Gasteiger partial charge is 0.398 e. The van der Waals surface area contributed by atoms with Gasteiger partial charge in [-0.1, -0.05) is 11.6 Å². The third-order valence-electron chi connectivity index (χ3n) is 2.24. The summed E-state index contributed by atoms with van der Waals surface area (Å²) in [6.45, 7) is 0. The van der Waals surface area contributed by atoms with Crippen molar-refractivity contribution in [2.24, 2.45) is 0 Å². The third-order valence-corrected chi connectivity index (χ3v) is 4.55. The second-order valence-electron chi connectivity index (χ2n) is 3.35. The molecule has 0 saturated heterocycles. The van der Waals surface area contributed by atoms with E-state index in [1.54, 1.807) is 0 Å². The zero-order valence-corrected chi connectivity index (χ0v) is 10.1. The number of thiol groups is 1. The fraction of sp³-hybridized carbons (Fsp3) is 0. The lowest BCUT2D eigenvalue weighted by Gasteiger charge is -2.15. The highest BCUT2D eigenvalue weighted by Gasteiger charge is 2.21. The van der Waals surface area contributed by atoms with Gasteiger partial charge in [0.25, 0.3) is 0 Å². The highest BCUT2D eigenvalue weighted by atomic mass is 35.5. The number of halogens is 3. The minimum Gasteiger partial charge on any atom is -0.398 e. The van der Waals surface area contributed by atoms with Crippen LogP contribution in [0.2, 0.25) is 5.02 Å². The lowest BCUT2D eigenvalue weighted by Crippen LogP contribution is -1.93. The van der Waals surface area contributed by atoms with E-state index in [4.69, 9.17) is 22.6 Å². The van der Waals surface area contributed by atoms with Crippen molar-refractivity contribution in [3.63, 3.8) is 0 Å². The Kier molecular flexibility index (Phi) is 3.09. The maximum Gasteiger partial charge on any atom is 0.147 e. The van der Waals surface area contributed by atoms with Crippen LogP contribution in [0, 0.1) is 11.3 Å². The molecule has 0 amide bonds. The standard InChI is InChI=1S/C11H7ClF2N2S/c12-8-3-9(16)10(1-6(8)4-15)17-5-7(13)2-11(17)14/h1-3,5,17H,16H2. The Morgan fingerprint density at radius 3 is 2.59 bits per heavy atom. The molecule has 0 radical (unpaired) electrons. The SMILES string of the molecule is N#Cc1cc([SH]2C=C(F)C=C2F)c(N)cc1Cl. The van der Waals surface area contributed by atoms with Crippen molar-refractivity contribution >= 4 is 28.2 Å². The average Bonchev–Trinajstić information content (AvgIpc) is 2.58. The Morgan fingerprint density at radius 1 is 1.35 bits per heavy atom. The molecule has 0 fully saturated rings. The van der Waals surface area contributed by atoms with Gasteiger partial charge in [-0.15, -0.1) is 10.9 Å². The van der Waals surface area contributed by atoms with E-state index >= 15 is 0 Å². The molecule has 2 nitrogen and oxygen atoms in total. The number of benzene rings is 1. The number of nitrogens with zero attached hydrogens (tertiary/aromatic N) is 1. The molecular formula is C11H7ClF2N2S. The molecule has 1 unspecified atom stereocenters. The molecule has 0 aromatic heterocycles. The summed E-state index contributed by atoms with van der Waals surface area (Å²) in [6, 6.07) is 4.67. The molecule has 0 bridgehead atoms. The van der Waals surface area contributed by atoms with E-state index < -0.39 is 21.9 Å². The van der Waals surface area contributed by atoms with Crippen LogP contribution in [-0.4, -0.2) is 0 Å². The molecule has 2 N–H and O–H groups in total. The molecule has 0 aliphatic carbocycles. The van der Waals surface area contributed by atoms with Crippen LogP contribution in [0.15, 0.2) is 39.5 Å². The van der Waals surface area contributed by atoms with Crippen molar-refractivity contribution in [3.05, 3.63) is 45.2 Å². The van der Waals surface area contributed by atoms with E-state index in [9.17, 15) is 8.78 Å². The van der Waals surface area contributed by atoms with Crippen molar-refractivity contribution in [3.8, 4) is 6.07 Å². The summed E-state index contributed by atoms with van der Waals surface area (Å²) < 4.78 is 26.4. The highest BCUT2D eigenvalue weighted by molar-refractivity contribution is 8.23. The van der Waals surface area contributed by atoms with Gasteiger partial charge in [-0.05, 0) is 17.5 Å². The zero-order valence-electron chi connectivity index (χ0n) is 8.42. The first-order valence-electron chi connectivity index (χ1n) is 4.56. The fourth-order valence-electron chi connectivity index (χ4n) is 1.46.